The van der Waals surface area contributed by atoms with Gasteiger partial charge in [-0.05, 0) is 68.2 Å². The van der Waals surface area contributed by atoms with Gasteiger partial charge in [-0.15, -0.1) is 0 Å². The van der Waals surface area contributed by atoms with Gasteiger partial charge in [0.15, 0.2) is 5.78 Å². The summed E-state index contributed by atoms with van der Waals surface area (Å²) in [5.41, 5.74) is 6.99. The number of anilines is 1. The van der Waals surface area contributed by atoms with E-state index in [-0.39, 0.29) is 42.3 Å². The number of phenols is 1. The Labute approximate surface area is 243 Å². The van der Waals surface area contributed by atoms with Crippen LogP contribution in [0, 0.1) is 17.2 Å². The first kappa shape index (κ1) is 31.5. The number of amidine groups is 1. The molecule has 2 unspecified atom stereocenters. The average Bonchev–Trinajstić information content (AvgIpc) is 3.19. The van der Waals surface area contributed by atoms with Crippen molar-refractivity contribution in [1.82, 2.24) is 0 Å². The fourth-order valence-corrected chi connectivity index (χ4v) is 5.02. The van der Waals surface area contributed by atoms with Crippen LogP contribution in [0.2, 0.25) is 0 Å². The first-order valence-corrected chi connectivity index (χ1v) is 13.5. The number of phenolic OH excluding ortho intramolecular Hbond substituents is 1. The van der Waals surface area contributed by atoms with Crippen molar-refractivity contribution >= 4 is 36.1 Å². The summed E-state index contributed by atoms with van der Waals surface area (Å²) in [6.07, 6.45) is 1.13. The van der Waals surface area contributed by atoms with Crippen LogP contribution in [0.3, 0.4) is 0 Å². The number of carbonyl (C=O) groups is 1. The smallest absolute Gasteiger partial charge is 0.417 e. The van der Waals surface area contributed by atoms with Gasteiger partial charge < -0.3 is 15.7 Å². The van der Waals surface area contributed by atoms with Crippen molar-refractivity contribution in [1.29, 1.82) is 5.26 Å². The molecule has 0 bridgehead atoms. The molecule has 1 aliphatic rings. The number of nitriles is 1. The Bertz CT molecular complexity index is 1440. The van der Waals surface area contributed by atoms with E-state index in [9.17, 15) is 23.1 Å². The molecule has 1 fully saturated rings. The standard InChI is InChI=1S/C30H32F3N5O2S/c1-4-5-12-36-18(2)13-19(3)37-28(35)24-15-22(9-11-26(24)39)38-17-27(40)23(29(38)41)10-7-20-6-8-21(16-34)25(14-20)30(31,32)33/h6,8-9,11-15,23,29,39,41H,3-5,7,10,17H2,1-2H3,(H2,35,37)/b18-13+,36-12?. The van der Waals surface area contributed by atoms with Gasteiger partial charge in [0.25, 0.3) is 0 Å². The quantitative estimate of drug-likeness (QED) is 0.134. The molecule has 2 aromatic carbocycles. The lowest BCUT2D eigenvalue weighted by Gasteiger charge is -2.25. The number of aliphatic imine (C=N–C) groups is 2. The van der Waals surface area contributed by atoms with E-state index in [0.29, 0.717) is 22.6 Å². The van der Waals surface area contributed by atoms with Gasteiger partial charge in [-0.1, -0.05) is 26.0 Å². The number of benzene rings is 2. The summed E-state index contributed by atoms with van der Waals surface area (Å²) in [7, 11) is 0. The number of unbranched alkanes of at least 4 members (excludes halogenated alkanes) is 1. The minimum Gasteiger partial charge on any atom is -0.507 e. The largest absolute Gasteiger partial charge is 0.507 e. The maximum Gasteiger partial charge on any atom is 0.417 e. The number of ketones is 1. The van der Waals surface area contributed by atoms with Gasteiger partial charge in [0.2, 0.25) is 0 Å². The summed E-state index contributed by atoms with van der Waals surface area (Å²) in [5, 5.41) is 18.9. The number of Topliss-reactive ketones (excluding diaryl/α,β-unsaturated/α-hetero) is 1. The molecule has 0 spiro atoms. The number of aryl methyl sites for hydroxylation is 1. The van der Waals surface area contributed by atoms with Crippen molar-refractivity contribution in [2.24, 2.45) is 21.6 Å². The Balaban J connectivity index is 1.76. The Morgan fingerprint density at radius 3 is 2.71 bits per heavy atom. The number of hydrogen-bond acceptors (Lipinski definition) is 7. The molecule has 0 aromatic heterocycles. The zero-order valence-electron chi connectivity index (χ0n) is 22.8. The molecular weight excluding hydrogens is 551 g/mol. The van der Waals surface area contributed by atoms with E-state index in [1.54, 1.807) is 29.2 Å². The first-order valence-electron chi connectivity index (χ1n) is 13.0. The molecule has 0 radical (unpaired) electrons. The van der Waals surface area contributed by atoms with E-state index < -0.39 is 28.6 Å². The Kier molecular flexibility index (Phi) is 10.4. The lowest BCUT2D eigenvalue weighted by atomic mass is 9.95. The predicted octanol–water partition coefficient (Wildman–Crippen LogP) is 6.17. The second-order valence-corrected chi connectivity index (χ2v) is 10.2. The molecule has 1 saturated heterocycles. The summed E-state index contributed by atoms with van der Waals surface area (Å²) in [5.74, 6) is -0.741. The summed E-state index contributed by atoms with van der Waals surface area (Å²) in [6, 6.07) is 9.82. The minimum absolute atomic E-state index is 0.0232. The molecule has 1 heterocycles. The summed E-state index contributed by atoms with van der Waals surface area (Å²) in [6.45, 7) is 7.78. The zero-order valence-corrected chi connectivity index (χ0v) is 23.7. The van der Waals surface area contributed by atoms with Crippen LogP contribution in [-0.4, -0.2) is 34.9 Å². The van der Waals surface area contributed by atoms with Crippen LogP contribution in [-0.2, 0) is 17.4 Å². The molecule has 1 aliphatic heterocycles. The lowest BCUT2D eigenvalue weighted by molar-refractivity contribution is -0.137. The Morgan fingerprint density at radius 2 is 2.05 bits per heavy atom. The maximum atomic E-state index is 13.3. The van der Waals surface area contributed by atoms with Crippen LogP contribution >= 0.6 is 12.6 Å². The van der Waals surface area contributed by atoms with Gasteiger partial charge in [-0.3, -0.25) is 9.79 Å². The van der Waals surface area contributed by atoms with Crippen LogP contribution in [0.15, 0.2) is 70.4 Å². The normalized spacial score (nSPS) is 18.3. The van der Waals surface area contributed by atoms with E-state index >= 15 is 0 Å². The zero-order chi connectivity index (χ0) is 30.3. The third-order valence-corrected chi connectivity index (χ3v) is 7.25. The number of aromatic hydroxyl groups is 1. The molecule has 7 nitrogen and oxygen atoms in total. The van der Waals surface area contributed by atoms with Crippen molar-refractivity contribution in [2.75, 3.05) is 11.4 Å². The first-order chi connectivity index (χ1) is 19.3. The van der Waals surface area contributed by atoms with Crippen molar-refractivity contribution in [3.05, 3.63) is 82.7 Å². The highest BCUT2D eigenvalue weighted by Crippen LogP contribution is 2.36. The molecule has 2 atom stereocenters. The van der Waals surface area contributed by atoms with Crippen LogP contribution in [0.4, 0.5) is 18.9 Å². The van der Waals surface area contributed by atoms with Crippen LogP contribution < -0.4 is 10.6 Å². The lowest BCUT2D eigenvalue weighted by Crippen LogP contribution is -2.28. The number of alkyl halides is 3. The SMILES string of the molecule is C=C(/C=C(\C)N=CCCC)N=C(N)c1cc(N2CC(=O)C(CCc3ccc(C#N)c(C(F)(F)F)c3)C2S)ccc1O. The third kappa shape index (κ3) is 8.01. The van der Waals surface area contributed by atoms with Crippen molar-refractivity contribution in [3.63, 3.8) is 0 Å². The number of thiol groups is 1. The summed E-state index contributed by atoms with van der Waals surface area (Å²) < 4.78 is 40.0. The van der Waals surface area contributed by atoms with Crippen molar-refractivity contribution < 1.29 is 23.1 Å². The molecule has 0 saturated carbocycles. The molecule has 216 valence electrons. The van der Waals surface area contributed by atoms with Gasteiger partial charge >= 0.3 is 6.18 Å². The summed E-state index contributed by atoms with van der Waals surface area (Å²) in [4.78, 5) is 23.2. The van der Waals surface area contributed by atoms with Gasteiger partial charge in [0.05, 0.1) is 40.4 Å². The number of nitrogens with two attached hydrogens (primary N) is 1. The number of hydrogen-bond donors (Lipinski definition) is 3. The number of nitrogens with zero attached hydrogens (tertiary/aromatic N) is 4. The minimum atomic E-state index is -4.65. The third-order valence-electron chi connectivity index (χ3n) is 6.61. The molecule has 3 N–H and O–H groups in total. The molecular formula is C30H32F3N5O2S. The predicted molar refractivity (Wildman–Crippen MR) is 158 cm³/mol. The Morgan fingerprint density at radius 1 is 1.32 bits per heavy atom. The highest BCUT2D eigenvalue weighted by atomic mass is 32.1. The number of allylic oxidation sites excluding steroid dienone is 2. The summed E-state index contributed by atoms with van der Waals surface area (Å²) >= 11 is 4.66. The fraction of sp³-hybridized carbons (Fsp3) is 0.333. The topological polar surface area (TPSA) is 115 Å². The van der Waals surface area contributed by atoms with Crippen LogP contribution in [0.5, 0.6) is 5.75 Å². The van der Waals surface area contributed by atoms with Crippen LogP contribution in [0.25, 0.3) is 0 Å². The molecule has 3 rings (SSSR count). The van der Waals surface area contributed by atoms with Crippen molar-refractivity contribution in [2.45, 2.75) is 51.1 Å². The molecule has 11 heteroatoms. The monoisotopic (exact) mass is 583 g/mol. The van der Waals surface area contributed by atoms with Gasteiger partial charge in [0.1, 0.15) is 11.6 Å². The second kappa shape index (κ2) is 13.5. The molecule has 2 aromatic rings. The number of halogens is 3. The molecule has 0 aliphatic carbocycles. The fourth-order valence-electron chi connectivity index (χ4n) is 4.49. The van der Waals surface area contributed by atoms with Crippen molar-refractivity contribution in [3.8, 4) is 11.8 Å². The van der Waals surface area contributed by atoms with E-state index in [1.165, 1.54) is 12.1 Å². The highest BCUT2D eigenvalue weighted by Gasteiger charge is 2.39. The van der Waals surface area contributed by atoms with Gasteiger partial charge in [-0.2, -0.15) is 31.1 Å². The Hall–Kier alpha value is -4.04. The van der Waals surface area contributed by atoms with E-state index in [0.717, 1.165) is 25.0 Å². The van der Waals surface area contributed by atoms with Crippen LogP contribution in [0.1, 0.15) is 55.4 Å². The van der Waals surface area contributed by atoms with E-state index in [2.05, 4.69) is 36.1 Å². The molecule has 41 heavy (non-hydrogen) atoms. The van der Waals surface area contributed by atoms with E-state index in [4.69, 9.17) is 11.0 Å². The maximum absolute atomic E-state index is 13.3. The van der Waals surface area contributed by atoms with Gasteiger partial charge in [0, 0.05) is 23.5 Å². The second-order valence-electron chi connectivity index (χ2n) is 9.72. The van der Waals surface area contributed by atoms with E-state index in [1.807, 2.05) is 13.1 Å². The number of rotatable bonds is 10. The number of carbonyl (C=O) groups excluding carboxylic acids is 1. The highest BCUT2D eigenvalue weighted by molar-refractivity contribution is 7.81. The van der Waals surface area contributed by atoms with Gasteiger partial charge in [-0.25, -0.2) is 4.99 Å². The average molecular weight is 584 g/mol. The molecule has 0 amide bonds.